The summed E-state index contributed by atoms with van der Waals surface area (Å²) in [6.07, 6.45) is 12.0. The van der Waals surface area contributed by atoms with E-state index in [0.29, 0.717) is 6.42 Å². The van der Waals surface area contributed by atoms with Gasteiger partial charge in [0.25, 0.3) is 0 Å². The van der Waals surface area contributed by atoms with E-state index in [4.69, 9.17) is 5.11 Å². The van der Waals surface area contributed by atoms with Crippen molar-refractivity contribution >= 4 is 23.5 Å². The maximum absolute atomic E-state index is 12.1. The van der Waals surface area contributed by atoms with Crippen LogP contribution in [0.3, 0.4) is 0 Å². The van der Waals surface area contributed by atoms with E-state index in [0.717, 1.165) is 19.3 Å². The summed E-state index contributed by atoms with van der Waals surface area (Å²) in [6, 6.07) is 3.59. The van der Waals surface area contributed by atoms with E-state index < -0.39 is 11.9 Å². The molecule has 3 N–H and O–H groups in total. The van der Waals surface area contributed by atoms with Crippen molar-refractivity contribution in [2.45, 2.75) is 77.6 Å². The van der Waals surface area contributed by atoms with Gasteiger partial charge in [-0.05, 0) is 24.6 Å². The van der Waals surface area contributed by atoms with Gasteiger partial charge in [0.15, 0.2) is 0 Å². The van der Waals surface area contributed by atoms with Gasteiger partial charge in [-0.1, -0.05) is 64.7 Å². The van der Waals surface area contributed by atoms with Crippen LogP contribution in [-0.2, 0) is 4.79 Å². The monoisotopic (exact) mass is 377 g/mol. The van der Waals surface area contributed by atoms with Gasteiger partial charge in [0.05, 0.1) is 16.8 Å². The SMILES string of the molecule is CCCCCCCCCCCCC(=O)Nc1cc(C(=O)O)ccc1C(=O)O. The van der Waals surface area contributed by atoms with Crippen molar-refractivity contribution in [1.29, 1.82) is 0 Å². The Morgan fingerprint density at radius 3 is 1.89 bits per heavy atom. The van der Waals surface area contributed by atoms with Gasteiger partial charge < -0.3 is 15.5 Å². The highest BCUT2D eigenvalue weighted by atomic mass is 16.4. The minimum atomic E-state index is -1.21. The lowest BCUT2D eigenvalue weighted by Crippen LogP contribution is -2.15. The molecule has 0 fully saturated rings. The van der Waals surface area contributed by atoms with Crippen molar-refractivity contribution in [3.05, 3.63) is 29.3 Å². The minimum Gasteiger partial charge on any atom is -0.478 e. The smallest absolute Gasteiger partial charge is 0.337 e. The summed E-state index contributed by atoms with van der Waals surface area (Å²) in [5, 5.41) is 20.7. The molecule has 6 heteroatoms. The van der Waals surface area contributed by atoms with E-state index in [9.17, 15) is 19.5 Å². The Kier molecular flexibility index (Phi) is 10.8. The van der Waals surface area contributed by atoms with Crippen molar-refractivity contribution in [3.8, 4) is 0 Å². The number of hydrogen-bond acceptors (Lipinski definition) is 3. The zero-order valence-corrected chi connectivity index (χ0v) is 16.1. The summed E-state index contributed by atoms with van der Waals surface area (Å²) < 4.78 is 0. The lowest BCUT2D eigenvalue weighted by Gasteiger charge is -2.09. The number of carbonyl (C=O) groups excluding carboxylic acids is 1. The van der Waals surface area contributed by atoms with Gasteiger partial charge in [-0.3, -0.25) is 4.79 Å². The third-order valence-electron chi connectivity index (χ3n) is 4.53. The van der Waals surface area contributed by atoms with Gasteiger partial charge in [-0.25, -0.2) is 9.59 Å². The molecule has 1 aromatic rings. The number of benzene rings is 1. The molecule has 1 aromatic carbocycles. The molecule has 0 unspecified atom stereocenters. The molecular formula is C21H31NO5. The highest BCUT2D eigenvalue weighted by Crippen LogP contribution is 2.19. The number of nitrogens with one attached hydrogen (secondary N) is 1. The van der Waals surface area contributed by atoms with E-state index in [2.05, 4.69) is 12.2 Å². The molecule has 0 aromatic heterocycles. The molecule has 0 bridgehead atoms. The molecule has 150 valence electrons. The molecule has 0 aliphatic heterocycles. The summed E-state index contributed by atoms with van der Waals surface area (Å²) in [4.78, 5) is 34.3. The number of carbonyl (C=O) groups is 3. The van der Waals surface area contributed by atoms with Crippen molar-refractivity contribution in [1.82, 2.24) is 0 Å². The number of aromatic carboxylic acids is 2. The van der Waals surface area contributed by atoms with E-state index in [-0.39, 0.29) is 22.7 Å². The Morgan fingerprint density at radius 2 is 1.37 bits per heavy atom. The summed E-state index contributed by atoms with van der Waals surface area (Å²) in [5.41, 5.74) is -0.148. The predicted octanol–water partition coefficient (Wildman–Crippen LogP) is 5.33. The topological polar surface area (TPSA) is 104 Å². The maximum Gasteiger partial charge on any atom is 0.337 e. The first kappa shape index (κ1) is 22.7. The van der Waals surface area contributed by atoms with Crippen LogP contribution in [0.25, 0.3) is 0 Å². The Hall–Kier alpha value is -2.37. The van der Waals surface area contributed by atoms with E-state index in [1.165, 1.54) is 63.1 Å². The molecular weight excluding hydrogens is 346 g/mol. The summed E-state index contributed by atoms with van der Waals surface area (Å²) in [5.74, 6) is -2.67. The van der Waals surface area contributed by atoms with Gasteiger partial charge in [0.2, 0.25) is 5.91 Å². The van der Waals surface area contributed by atoms with Crippen LogP contribution in [0.4, 0.5) is 5.69 Å². The van der Waals surface area contributed by atoms with Crippen LogP contribution < -0.4 is 5.32 Å². The third kappa shape index (κ3) is 9.22. The minimum absolute atomic E-state index is 0.0273. The van der Waals surface area contributed by atoms with Crippen molar-refractivity contribution in [3.63, 3.8) is 0 Å². The lowest BCUT2D eigenvalue weighted by atomic mass is 10.1. The van der Waals surface area contributed by atoms with Crippen LogP contribution in [0.15, 0.2) is 18.2 Å². The van der Waals surface area contributed by atoms with Gasteiger partial charge in [-0.15, -0.1) is 0 Å². The number of rotatable bonds is 14. The third-order valence-corrected chi connectivity index (χ3v) is 4.53. The van der Waals surface area contributed by atoms with Crippen molar-refractivity contribution in [2.24, 2.45) is 0 Å². The molecule has 0 aliphatic carbocycles. The number of carboxylic acid groups (broad SMARTS) is 2. The quantitative estimate of drug-likeness (QED) is 0.380. The largest absolute Gasteiger partial charge is 0.478 e. The molecule has 0 heterocycles. The molecule has 1 amide bonds. The zero-order valence-electron chi connectivity index (χ0n) is 16.1. The number of unbranched alkanes of at least 4 members (excludes halogenated alkanes) is 9. The molecule has 0 atom stereocenters. The fourth-order valence-electron chi connectivity index (χ4n) is 2.95. The molecule has 27 heavy (non-hydrogen) atoms. The van der Waals surface area contributed by atoms with Gasteiger partial charge in [-0.2, -0.15) is 0 Å². The second-order valence-corrected chi connectivity index (χ2v) is 6.85. The highest BCUT2D eigenvalue weighted by Gasteiger charge is 2.15. The van der Waals surface area contributed by atoms with Gasteiger partial charge >= 0.3 is 11.9 Å². The van der Waals surface area contributed by atoms with Crippen LogP contribution in [0, 0.1) is 0 Å². The first-order valence-electron chi connectivity index (χ1n) is 9.86. The molecule has 0 saturated heterocycles. The van der Waals surface area contributed by atoms with Gasteiger partial charge in [0, 0.05) is 6.42 Å². The van der Waals surface area contributed by atoms with Crippen LogP contribution in [0.2, 0.25) is 0 Å². The van der Waals surface area contributed by atoms with E-state index >= 15 is 0 Å². The average Bonchev–Trinajstić information content (AvgIpc) is 2.63. The fourth-order valence-corrected chi connectivity index (χ4v) is 2.95. The first-order chi connectivity index (χ1) is 13.0. The molecule has 6 nitrogen and oxygen atoms in total. The summed E-state index contributed by atoms with van der Waals surface area (Å²) in [7, 11) is 0. The molecule has 0 aliphatic rings. The van der Waals surface area contributed by atoms with Crippen molar-refractivity contribution < 1.29 is 24.6 Å². The molecule has 1 rings (SSSR count). The van der Waals surface area contributed by atoms with Crippen LogP contribution in [0.5, 0.6) is 0 Å². The Morgan fingerprint density at radius 1 is 0.815 bits per heavy atom. The fraction of sp³-hybridized carbons (Fsp3) is 0.571. The van der Waals surface area contributed by atoms with E-state index in [1.54, 1.807) is 0 Å². The molecule has 0 saturated carbocycles. The number of anilines is 1. The number of hydrogen-bond donors (Lipinski definition) is 3. The standard InChI is InChI=1S/C21H31NO5/c1-2-3-4-5-6-7-8-9-10-11-12-19(23)22-18-15-16(20(24)25)13-14-17(18)21(26)27/h13-15H,2-12H2,1H3,(H,22,23)(H,24,25)(H,26,27). The second kappa shape index (κ2) is 12.9. The predicted molar refractivity (Wildman–Crippen MR) is 105 cm³/mol. The summed E-state index contributed by atoms with van der Waals surface area (Å²) in [6.45, 7) is 2.21. The maximum atomic E-state index is 12.1. The first-order valence-corrected chi connectivity index (χ1v) is 9.86. The second-order valence-electron chi connectivity index (χ2n) is 6.85. The van der Waals surface area contributed by atoms with Crippen LogP contribution in [-0.4, -0.2) is 28.1 Å². The number of amides is 1. The number of carboxylic acids is 2. The van der Waals surface area contributed by atoms with Crippen LogP contribution in [0.1, 0.15) is 98.3 Å². The van der Waals surface area contributed by atoms with Crippen LogP contribution >= 0.6 is 0 Å². The Bertz CT molecular complexity index is 627. The van der Waals surface area contributed by atoms with Crippen molar-refractivity contribution in [2.75, 3.05) is 5.32 Å². The zero-order chi connectivity index (χ0) is 20.1. The average molecular weight is 377 g/mol. The van der Waals surface area contributed by atoms with Gasteiger partial charge in [0.1, 0.15) is 0 Å². The summed E-state index contributed by atoms with van der Waals surface area (Å²) >= 11 is 0. The normalized spacial score (nSPS) is 10.6. The molecule has 0 spiro atoms. The Balaban J connectivity index is 2.31. The molecule has 0 radical (unpaired) electrons. The van der Waals surface area contributed by atoms with E-state index in [1.807, 2.05) is 0 Å². The Labute approximate surface area is 161 Å². The highest BCUT2D eigenvalue weighted by molar-refractivity contribution is 6.02. The lowest BCUT2D eigenvalue weighted by molar-refractivity contribution is -0.116.